The molecule has 0 aliphatic carbocycles. The number of aliphatic hydroxyl groups is 1. The minimum atomic E-state index is -0.483. The monoisotopic (exact) mass is 293 g/mol. The Kier molecular flexibility index (Phi) is 5.62. The third kappa shape index (κ3) is 4.99. The zero-order chi connectivity index (χ0) is 15.4. The molecule has 1 aliphatic rings. The molecule has 4 heteroatoms. The van der Waals surface area contributed by atoms with E-state index in [1.54, 1.807) is 0 Å². The van der Waals surface area contributed by atoms with Crippen LogP contribution in [0.5, 0.6) is 5.75 Å². The molecule has 0 radical (unpaired) electrons. The lowest BCUT2D eigenvalue weighted by molar-refractivity contribution is -0.0786. The second-order valence-electron chi connectivity index (χ2n) is 6.21. The highest BCUT2D eigenvalue weighted by Gasteiger charge is 2.23. The van der Waals surface area contributed by atoms with E-state index in [0.29, 0.717) is 13.2 Å². The highest BCUT2D eigenvalue weighted by Crippen LogP contribution is 2.19. The number of hydrogen-bond acceptors (Lipinski definition) is 4. The number of benzene rings is 1. The number of aliphatic hydroxyl groups excluding tert-OH is 1. The van der Waals surface area contributed by atoms with Crippen LogP contribution in [0.4, 0.5) is 0 Å². The Balaban J connectivity index is 1.80. The highest BCUT2D eigenvalue weighted by atomic mass is 16.5. The maximum absolute atomic E-state index is 10.2. The standard InChI is InChI=1S/C17H27NO3/c1-12-5-6-17(13(2)7-12)20-11-16(19)10-18-8-14(3)21-15(4)9-18/h5-7,14-16,19H,8-11H2,1-4H3/t14-,15+,16-/m0/s1. The zero-order valence-corrected chi connectivity index (χ0v) is 13.5. The molecule has 2 rings (SSSR count). The van der Waals surface area contributed by atoms with Gasteiger partial charge in [-0.25, -0.2) is 0 Å². The molecule has 0 amide bonds. The Labute approximate surface area is 127 Å². The topological polar surface area (TPSA) is 41.9 Å². The average Bonchev–Trinajstić information content (AvgIpc) is 2.36. The summed E-state index contributed by atoms with van der Waals surface area (Å²) in [5.41, 5.74) is 2.33. The minimum absolute atomic E-state index is 0.223. The second-order valence-corrected chi connectivity index (χ2v) is 6.21. The fraction of sp³-hybridized carbons (Fsp3) is 0.647. The average molecular weight is 293 g/mol. The fourth-order valence-corrected chi connectivity index (χ4v) is 2.93. The van der Waals surface area contributed by atoms with Crippen molar-refractivity contribution in [2.24, 2.45) is 0 Å². The molecule has 1 heterocycles. The predicted molar refractivity (Wildman–Crippen MR) is 83.9 cm³/mol. The first-order valence-electron chi connectivity index (χ1n) is 7.70. The van der Waals surface area contributed by atoms with Gasteiger partial charge in [0.05, 0.1) is 12.2 Å². The summed E-state index contributed by atoms with van der Waals surface area (Å²) in [6.07, 6.45) is -0.0365. The van der Waals surface area contributed by atoms with E-state index >= 15 is 0 Å². The van der Waals surface area contributed by atoms with Crippen LogP contribution in [0.25, 0.3) is 0 Å². The van der Waals surface area contributed by atoms with Crippen molar-refractivity contribution in [3.05, 3.63) is 29.3 Å². The van der Waals surface area contributed by atoms with Gasteiger partial charge >= 0.3 is 0 Å². The lowest BCUT2D eigenvalue weighted by atomic mass is 10.1. The molecule has 4 nitrogen and oxygen atoms in total. The van der Waals surface area contributed by atoms with Gasteiger partial charge in [0.2, 0.25) is 0 Å². The Bertz CT molecular complexity index is 453. The lowest BCUT2D eigenvalue weighted by Crippen LogP contribution is -2.48. The molecule has 0 bridgehead atoms. The first-order chi connectivity index (χ1) is 9.94. The van der Waals surface area contributed by atoms with Gasteiger partial charge in [-0.05, 0) is 39.3 Å². The molecular weight excluding hydrogens is 266 g/mol. The normalized spacial score (nSPS) is 24.8. The largest absolute Gasteiger partial charge is 0.491 e. The third-order valence-electron chi connectivity index (χ3n) is 3.73. The molecule has 1 fully saturated rings. The summed E-state index contributed by atoms with van der Waals surface area (Å²) in [5.74, 6) is 0.850. The highest BCUT2D eigenvalue weighted by molar-refractivity contribution is 5.35. The molecule has 1 N–H and O–H groups in total. The van der Waals surface area contributed by atoms with E-state index in [1.165, 1.54) is 5.56 Å². The van der Waals surface area contributed by atoms with Crippen LogP contribution in [0, 0.1) is 13.8 Å². The molecule has 118 valence electrons. The molecule has 1 aromatic rings. The molecule has 21 heavy (non-hydrogen) atoms. The number of aryl methyl sites for hydroxylation is 2. The van der Waals surface area contributed by atoms with Gasteiger partial charge in [0.25, 0.3) is 0 Å². The van der Waals surface area contributed by atoms with Crippen LogP contribution < -0.4 is 4.74 Å². The van der Waals surface area contributed by atoms with Crippen molar-refractivity contribution in [2.75, 3.05) is 26.2 Å². The first-order valence-corrected chi connectivity index (χ1v) is 7.70. The van der Waals surface area contributed by atoms with E-state index in [2.05, 4.69) is 31.7 Å². The van der Waals surface area contributed by atoms with Crippen LogP contribution in [-0.4, -0.2) is 54.6 Å². The van der Waals surface area contributed by atoms with Crippen molar-refractivity contribution < 1.29 is 14.6 Å². The van der Waals surface area contributed by atoms with Crippen LogP contribution >= 0.6 is 0 Å². The van der Waals surface area contributed by atoms with E-state index in [4.69, 9.17) is 9.47 Å². The number of ether oxygens (including phenoxy) is 2. The Morgan fingerprint density at radius 2 is 1.95 bits per heavy atom. The molecule has 3 atom stereocenters. The molecular formula is C17H27NO3. The van der Waals surface area contributed by atoms with Crippen molar-refractivity contribution in [1.82, 2.24) is 4.90 Å². The van der Waals surface area contributed by atoms with E-state index in [9.17, 15) is 5.11 Å². The van der Waals surface area contributed by atoms with E-state index in [1.807, 2.05) is 19.1 Å². The van der Waals surface area contributed by atoms with Crippen LogP contribution in [0.15, 0.2) is 18.2 Å². The third-order valence-corrected chi connectivity index (χ3v) is 3.73. The van der Waals surface area contributed by atoms with Gasteiger partial charge in [-0.15, -0.1) is 0 Å². The minimum Gasteiger partial charge on any atom is -0.491 e. The summed E-state index contributed by atoms with van der Waals surface area (Å²) in [7, 11) is 0. The zero-order valence-electron chi connectivity index (χ0n) is 13.5. The summed E-state index contributed by atoms with van der Waals surface area (Å²) in [5, 5.41) is 10.2. The van der Waals surface area contributed by atoms with Crippen molar-refractivity contribution in [3.63, 3.8) is 0 Å². The van der Waals surface area contributed by atoms with Crippen LogP contribution in [0.2, 0.25) is 0 Å². The SMILES string of the molecule is Cc1ccc(OC[C@@H](O)CN2C[C@@H](C)O[C@@H](C)C2)c(C)c1. The Morgan fingerprint density at radius 3 is 2.57 bits per heavy atom. The van der Waals surface area contributed by atoms with Crippen LogP contribution in [0.3, 0.4) is 0 Å². The van der Waals surface area contributed by atoms with Crippen LogP contribution in [0.1, 0.15) is 25.0 Å². The van der Waals surface area contributed by atoms with E-state index in [0.717, 1.165) is 24.4 Å². The summed E-state index contributed by atoms with van der Waals surface area (Å²) in [6.45, 7) is 10.9. The van der Waals surface area contributed by atoms with E-state index < -0.39 is 6.10 Å². The maximum Gasteiger partial charge on any atom is 0.122 e. The molecule has 0 spiro atoms. The molecule has 0 aromatic heterocycles. The quantitative estimate of drug-likeness (QED) is 0.903. The number of morpholine rings is 1. The van der Waals surface area contributed by atoms with Crippen molar-refractivity contribution in [2.45, 2.75) is 46.0 Å². The molecule has 1 aromatic carbocycles. The molecule has 0 saturated carbocycles. The summed E-state index contributed by atoms with van der Waals surface area (Å²) >= 11 is 0. The molecule has 0 unspecified atom stereocenters. The van der Waals surface area contributed by atoms with Gasteiger partial charge in [-0.3, -0.25) is 4.90 Å². The van der Waals surface area contributed by atoms with Gasteiger partial charge in [0.15, 0.2) is 0 Å². The van der Waals surface area contributed by atoms with Crippen molar-refractivity contribution >= 4 is 0 Å². The fourth-order valence-electron chi connectivity index (χ4n) is 2.93. The van der Waals surface area contributed by atoms with Gasteiger partial charge in [-0.2, -0.15) is 0 Å². The predicted octanol–water partition coefficient (Wildman–Crippen LogP) is 2.15. The second kappa shape index (κ2) is 7.25. The Hall–Kier alpha value is -1.10. The summed E-state index contributed by atoms with van der Waals surface area (Å²) in [6, 6.07) is 6.09. The number of β-amino-alcohol motifs (C(OH)–C–C–N with tert-alkyl or cyclic N) is 1. The maximum atomic E-state index is 10.2. The summed E-state index contributed by atoms with van der Waals surface area (Å²) in [4.78, 5) is 2.24. The van der Waals surface area contributed by atoms with Crippen molar-refractivity contribution in [3.8, 4) is 5.75 Å². The smallest absolute Gasteiger partial charge is 0.122 e. The number of hydrogen-bond donors (Lipinski definition) is 1. The van der Waals surface area contributed by atoms with E-state index in [-0.39, 0.29) is 12.2 Å². The molecule has 1 aliphatic heterocycles. The lowest BCUT2D eigenvalue weighted by Gasteiger charge is -2.36. The van der Waals surface area contributed by atoms with Crippen molar-refractivity contribution in [1.29, 1.82) is 0 Å². The molecule has 1 saturated heterocycles. The number of nitrogens with zero attached hydrogens (tertiary/aromatic N) is 1. The first kappa shape index (κ1) is 16.3. The van der Waals surface area contributed by atoms with Gasteiger partial charge in [0, 0.05) is 19.6 Å². The Morgan fingerprint density at radius 1 is 1.29 bits per heavy atom. The number of rotatable bonds is 5. The van der Waals surface area contributed by atoms with Gasteiger partial charge in [0.1, 0.15) is 18.5 Å². The van der Waals surface area contributed by atoms with Gasteiger partial charge < -0.3 is 14.6 Å². The van der Waals surface area contributed by atoms with Gasteiger partial charge in [-0.1, -0.05) is 17.7 Å². The summed E-state index contributed by atoms with van der Waals surface area (Å²) < 4.78 is 11.4. The van der Waals surface area contributed by atoms with Crippen LogP contribution in [-0.2, 0) is 4.74 Å².